The number of fused-ring (bicyclic) bond motifs is 1. The molecule has 3 heteroatoms. The van der Waals surface area contributed by atoms with Crippen LogP contribution < -0.4 is 0 Å². The lowest BCUT2D eigenvalue weighted by atomic mass is 9.62. The van der Waals surface area contributed by atoms with Crippen LogP contribution in [0.25, 0.3) is 0 Å². The minimum atomic E-state index is 0.117. The van der Waals surface area contributed by atoms with Gasteiger partial charge in [-0.1, -0.05) is 0 Å². The Morgan fingerprint density at radius 2 is 1.57 bits per heavy atom. The number of hydrogen-bond acceptors (Lipinski definition) is 3. The quantitative estimate of drug-likeness (QED) is 0.690. The Balaban J connectivity index is 2.08. The normalized spacial score (nSPS) is 46.9. The SMILES string of the molecule is COC1CC2CCC2C(OC)C1OC. The molecule has 14 heavy (non-hydrogen) atoms. The first kappa shape index (κ1) is 10.4. The minimum absolute atomic E-state index is 0.117. The fourth-order valence-electron chi connectivity index (χ4n) is 3.03. The highest BCUT2D eigenvalue weighted by Gasteiger charge is 2.49. The van der Waals surface area contributed by atoms with Crippen LogP contribution in [0.5, 0.6) is 0 Å². The lowest BCUT2D eigenvalue weighted by Crippen LogP contribution is -2.56. The second kappa shape index (κ2) is 4.17. The number of ether oxygens (including phenoxy) is 3. The van der Waals surface area contributed by atoms with Crippen molar-refractivity contribution in [2.24, 2.45) is 11.8 Å². The van der Waals surface area contributed by atoms with Crippen molar-refractivity contribution < 1.29 is 14.2 Å². The summed E-state index contributed by atoms with van der Waals surface area (Å²) in [6.45, 7) is 0. The molecule has 2 saturated carbocycles. The summed E-state index contributed by atoms with van der Waals surface area (Å²) >= 11 is 0. The number of rotatable bonds is 3. The highest BCUT2D eigenvalue weighted by molar-refractivity contribution is 4.99. The zero-order valence-electron chi connectivity index (χ0n) is 9.23. The van der Waals surface area contributed by atoms with Gasteiger partial charge < -0.3 is 14.2 Å². The summed E-state index contributed by atoms with van der Waals surface area (Å²) < 4.78 is 16.5. The maximum absolute atomic E-state index is 5.56. The van der Waals surface area contributed by atoms with Crippen LogP contribution in [-0.2, 0) is 14.2 Å². The summed E-state index contributed by atoms with van der Waals surface area (Å²) in [5.74, 6) is 1.51. The van der Waals surface area contributed by atoms with Gasteiger partial charge in [0.15, 0.2) is 0 Å². The van der Waals surface area contributed by atoms with E-state index in [-0.39, 0.29) is 18.3 Å². The molecule has 0 aromatic rings. The zero-order valence-corrected chi connectivity index (χ0v) is 9.23. The van der Waals surface area contributed by atoms with Gasteiger partial charge >= 0.3 is 0 Å². The molecule has 82 valence electrons. The Morgan fingerprint density at radius 1 is 0.857 bits per heavy atom. The van der Waals surface area contributed by atoms with Crippen LogP contribution in [0.15, 0.2) is 0 Å². The summed E-state index contributed by atoms with van der Waals surface area (Å²) in [5, 5.41) is 0. The van der Waals surface area contributed by atoms with Gasteiger partial charge in [-0.15, -0.1) is 0 Å². The van der Waals surface area contributed by atoms with E-state index < -0.39 is 0 Å². The Morgan fingerprint density at radius 3 is 2.00 bits per heavy atom. The van der Waals surface area contributed by atoms with Crippen LogP contribution in [0, 0.1) is 11.8 Å². The fourth-order valence-corrected chi connectivity index (χ4v) is 3.03. The van der Waals surface area contributed by atoms with Crippen molar-refractivity contribution in [2.45, 2.75) is 37.6 Å². The molecule has 5 unspecified atom stereocenters. The van der Waals surface area contributed by atoms with Gasteiger partial charge in [-0.3, -0.25) is 0 Å². The van der Waals surface area contributed by atoms with E-state index in [1.165, 1.54) is 12.8 Å². The van der Waals surface area contributed by atoms with Crippen molar-refractivity contribution in [1.29, 1.82) is 0 Å². The first-order valence-corrected chi connectivity index (χ1v) is 5.40. The monoisotopic (exact) mass is 200 g/mol. The van der Waals surface area contributed by atoms with Gasteiger partial charge in [-0.2, -0.15) is 0 Å². The summed E-state index contributed by atoms with van der Waals surface area (Å²) in [7, 11) is 5.30. The van der Waals surface area contributed by atoms with E-state index in [1.54, 1.807) is 21.3 Å². The lowest BCUT2D eigenvalue weighted by molar-refractivity contribution is -0.186. The first-order chi connectivity index (χ1) is 6.81. The topological polar surface area (TPSA) is 27.7 Å². The van der Waals surface area contributed by atoms with E-state index >= 15 is 0 Å². The van der Waals surface area contributed by atoms with Gasteiger partial charge in [0.1, 0.15) is 6.10 Å². The minimum Gasteiger partial charge on any atom is -0.379 e. The molecule has 0 bridgehead atoms. The van der Waals surface area contributed by atoms with Gasteiger partial charge in [-0.25, -0.2) is 0 Å². The molecule has 0 radical (unpaired) electrons. The second-order valence-electron chi connectivity index (χ2n) is 4.41. The second-order valence-corrected chi connectivity index (χ2v) is 4.41. The third-order valence-corrected chi connectivity index (χ3v) is 3.97. The summed E-state index contributed by atoms with van der Waals surface area (Å²) in [4.78, 5) is 0. The number of hydrogen-bond donors (Lipinski definition) is 0. The highest BCUT2D eigenvalue weighted by Crippen LogP contribution is 2.47. The molecule has 0 N–H and O–H groups in total. The van der Waals surface area contributed by atoms with Crippen molar-refractivity contribution in [3.63, 3.8) is 0 Å². The van der Waals surface area contributed by atoms with E-state index in [2.05, 4.69) is 0 Å². The molecule has 0 aliphatic heterocycles. The maximum Gasteiger partial charge on any atom is 0.110 e. The van der Waals surface area contributed by atoms with Crippen molar-refractivity contribution in [3.05, 3.63) is 0 Å². The lowest BCUT2D eigenvalue weighted by Gasteiger charge is -2.51. The van der Waals surface area contributed by atoms with Gasteiger partial charge in [0, 0.05) is 21.3 Å². The summed E-state index contributed by atoms with van der Waals surface area (Å²) in [5.41, 5.74) is 0. The van der Waals surface area contributed by atoms with Crippen LogP contribution in [0.4, 0.5) is 0 Å². The largest absolute Gasteiger partial charge is 0.379 e. The Hall–Kier alpha value is -0.120. The molecule has 2 rings (SSSR count). The molecule has 0 aromatic heterocycles. The molecule has 0 amide bonds. The molecular formula is C11H20O3. The smallest absolute Gasteiger partial charge is 0.110 e. The van der Waals surface area contributed by atoms with Gasteiger partial charge in [0.05, 0.1) is 12.2 Å². The average molecular weight is 200 g/mol. The molecule has 5 atom stereocenters. The molecule has 3 nitrogen and oxygen atoms in total. The van der Waals surface area contributed by atoms with E-state index in [0.717, 1.165) is 12.3 Å². The molecule has 2 aliphatic carbocycles. The van der Waals surface area contributed by atoms with E-state index in [9.17, 15) is 0 Å². The highest BCUT2D eigenvalue weighted by atomic mass is 16.6. The van der Waals surface area contributed by atoms with Crippen LogP contribution >= 0.6 is 0 Å². The first-order valence-electron chi connectivity index (χ1n) is 5.40. The van der Waals surface area contributed by atoms with Gasteiger partial charge in [-0.05, 0) is 31.1 Å². The Kier molecular flexibility index (Phi) is 3.10. The van der Waals surface area contributed by atoms with Crippen LogP contribution in [-0.4, -0.2) is 39.6 Å². The molecule has 2 fully saturated rings. The summed E-state index contributed by atoms with van der Waals surface area (Å²) in [6.07, 6.45) is 4.33. The van der Waals surface area contributed by atoms with Crippen LogP contribution in [0.2, 0.25) is 0 Å². The number of methoxy groups -OCH3 is 3. The van der Waals surface area contributed by atoms with Gasteiger partial charge in [0.25, 0.3) is 0 Å². The zero-order chi connectivity index (χ0) is 10.1. The molecule has 0 aromatic carbocycles. The fraction of sp³-hybridized carbons (Fsp3) is 1.00. The standard InChI is InChI=1S/C11H20O3/c1-12-9-6-7-4-5-8(7)10(13-2)11(9)14-3/h7-11H,4-6H2,1-3H3. The Labute approximate surface area is 85.7 Å². The third-order valence-electron chi connectivity index (χ3n) is 3.97. The van der Waals surface area contributed by atoms with Crippen LogP contribution in [0.1, 0.15) is 19.3 Å². The summed E-state index contributed by atoms with van der Waals surface area (Å²) in [6, 6.07) is 0. The predicted molar refractivity (Wildman–Crippen MR) is 53.2 cm³/mol. The Bertz CT molecular complexity index is 191. The predicted octanol–water partition coefficient (Wildman–Crippen LogP) is 1.46. The average Bonchev–Trinajstić information content (AvgIpc) is 2.18. The maximum atomic E-state index is 5.56. The van der Waals surface area contributed by atoms with Crippen molar-refractivity contribution in [1.82, 2.24) is 0 Å². The van der Waals surface area contributed by atoms with Crippen LogP contribution in [0.3, 0.4) is 0 Å². The van der Waals surface area contributed by atoms with E-state index in [4.69, 9.17) is 14.2 Å². The van der Waals surface area contributed by atoms with E-state index in [0.29, 0.717) is 5.92 Å². The van der Waals surface area contributed by atoms with Crippen molar-refractivity contribution >= 4 is 0 Å². The van der Waals surface area contributed by atoms with Crippen molar-refractivity contribution in [3.8, 4) is 0 Å². The molecular weight excluding hydrogens is 180 g/mol. The molecule has 2 aliphatic rings. The molecule has 0 saturated heterocycles. The molecule has 0 heterocycles. The molecule has 0 spiro atoms. The van der Waals surface area contributed by atoms with E-state index in [1.807, 2.05) is 0 Å². The van der Waals surface area contributed by atoms with Crippen molar-refractivity contribution in [2.75, 3.05) is 21.3 Å². The van der Waals surface area contributed by atoms with Gasteiger partial charge in [0.2, 0.25) is 0 Å². The third kappa shape index (κ3) is 1.47.